The molecule has 0 spiro atoms. The zero-order valence-corrected chi connectivity index (χ0v) is 11.2. The molecule has 0 saturated carbocycles. The molecule has 1 aliphatic heterocycles. The summed E-state index contributed by atoms with van der Waals surface area (Å²) in [5.41, 5.74) is 4.34. The van der Waals surface area contributed by atoms with Crippen LogP contribution in [-0.2, 0) is 4.79 Å². The molecule has 3 nitrogen and oxygen atoms in total. The summed E-state index contributed by atoms with van der Waals surface area (Å²) in [5, 5.41) is 6.66. The van der Waals surface area contributed by atoms with Crippen molar-refractivity contribution in [1.29, 1.82) is 0 Å². The number of nitrogens with one attached hydrogen (secondary N) is 2. The Morgan fingerprint density at radius 1 is 1.33 bits per heavy atom. The van der Waals surface area contributed by atoms with Gasteiger partial charge in [0.05, 0.1) is 0 Å². The van der Waals surface area contributed by atoms with E-state index in [0.717, 1.165) is 42.7 Å². The van der Waals surface area contributed by atoms with Gasteiger partial charge in [0.2, 0.25) is 6.41 Å². The molecule has 0 aliphatic carbocycles. The van der Waals surface area contributed by atoms with Crippen LogP contribution in [0.1, 0.15) is 24.0 Å². The number of piperidine rings is 1. The zero-order valence-electron chi connectivity index (χ0n) is 10.4. The molecule has 1 aromatic rings. The van der Waals surface area contributed by atoms with Crippen LogP contribution in [0.5, 0.6) is 0 Å². The molecular formula is C14H17ClN2O. The predicted octanol–water partition coefficient (Wildman–Crippen LogP) is 2.98. The second kappa shape index (κ2) is 6.03. The molecule has 0 aromatic heterocycles. The van der Waals surface area contributed by atoms with Crippen LogP contribution in [0, 0.1) is 6.92 Å². The fourth-order valence-corrected chi connectivity index (χ4v) is 2.40. The van der Waals surface area contributed by atoms with Crippen molar-refractivity contribution in [2.24, 2.45) is 0 Å². The second-order valence-electron chi connectivity index (χ2n) is 4.48. The molecule has 96 valence electrons. The number of hydrogen-bond acceptors (Lipinski definition) is 2. The standard InChI is InChI=1S/C14H17ClN2O/c1-10-12(6-11-2-4-16-5-3-11)7-13(15)8-14(10)17-9-18/h6-9,16H,2-5H2,1H3,(H,17,18). The quantitative estimate of drug-likeness (QED) is 0.824. The van der Waals surface area contributed by atoms with E-state index in [1.165, 1.54) is 5.57 Å². The van der Waals surface area contributed by atoms with Gasteiger partial charge in [-0.05, 0) is 56.1 Å². The fourth-order valence-electron chi connectivity index (χ4n) is 2.18. The molecule has 0 radical (unpaired) electrons. The minimum absolute atomic E-state index is 0.644. The average Bonchev–Trinajstić information content (AvgIpc) is 2.36. The number of rotatable bonds is 3. The number of benzene rings is 1. The van der Waals surface area contributed by atoms with Crippen LogP contribution in [0.25, 0.3) is 6.08 Å². The molecule has 18 heavy (non-hydrogen) atoms. The normalized spacial score (nSPS) is 15.3. The lowest BCUT2D eigenvalue weighted by molar-refractivity contribution is -0.105. The van der Waals surface area contributed by atoms with Gasteiger partial charge in [0.25, 0.3) is 0 Å². The number of halogens is 1. The smallest absolute Gasteiger partial charge is 0.211 e. The van der Waals surface area contributed by atoms with Crippen molar-refractivity contribution in [3.63, 3.8) is 0 Å². The molecule has 1 fully saturated rings. The van der Waals surface area contributed by atoms with Gasteiger partial charge in [-0.25, -0.2) is 0 Å². The predicted molar refractivity (Wildman–Crippen MR) is 76.0 cm³/mol. The van der Waals surface area contributed by atoms with Crippen molar-refractivity contribution >= 4 is 29.8 Å². The van der Waals surface area contributed by atoms with Gasteiger partial charge in [0.1, 0.15) is 0 Å². The maximum Gasteiger partial charge on any atom is 0.211 e. The topological polar surface area (TPSA) is 41.1 Å². The largest absolute Gasteiger partial charge is 0.328 e. The van der Waals surface area contributed by atoms with E-state index < -0.39 is 0 Å². The molecule has 2 N–H and O–H groups in total. The van der Waals surface area contributed by atoms with Crippen LogP contribution in [0.3, 0.4) is 0 Å². The maximum atomic E-state index is 10.6. The van der Waals surface area contributed by atoms with Crippen LogP contribution in [0.15, 0.2) is 17.7 Å². The van der Waals surface area contributed by atoms with E-state index in [-0.39, 0.29) is 0 Å². The van der Waals surface area contributed by atoms with Gasteiger partial charge in [-0.1, -0.05) is 23.3 Å². The Labute approximate surface area is 112 Å². The average molecular weight is 265 g/mol. The SMILES string of the molecule is Cc1c(C=C2CCNCC2)cc(Cl)cc1NC=O. The van der Waals surface area contributed by atoms with Crippen molar-refractivity contribution in [2.75, 3.05) is 18.4 Å². The van der Waals surface area contributed by atoms with Gasteiger partial charge in [-0.3, -0.25) is 4.79 Å². The monoisotopic (exact) mass is 264 g/mol. The molecule has 1 heterocycles. The highest BCUT2D eigenvalue weighted by Crippen LogP contribution is 2.27. The summed E-state index contributed by atoms with van der Waals surface area (Å²) in [4.78, 5) is 10.6. The summed E-state index contributed by atoms with van der Waals surface area (Å²) in [6, 6.07) is 3.72. The number of hydrogen-bond donors (Lipinski definition) is 2. The first-order chi connectivity index (χ1) is 8.70. The van der Waals surface area contributed by atoms with Crippen molar-refractivity contribution in [1.82, 2.24) is 5.32 Å². The molecule has 1 aliphatic rings. The molecule has 1 amide bonds. The van der Waals surface area contributed by atoms with E-state index in [0.29, 0.717) is 11.4 Å². The number of carbonyl (C=O) groups excluding carboxylic acids is 1. The highest BCUT2D eigenvalue weighted by molar-refractivity contribution is 6.31. The first-order valence-corrected chi connectivity index (χ1v) is 6.49. The van der Waals surface area contributed by atoms with Crippen molar-refractivity contribution < 1.29 is 4.79 Å². The van der Waals surface area contributed by atoms with E-state index in [4.69, 9.17) is 11.6 Å². The van der Waals surface area contributed by atoms with Gasteiger partial charge < -0.3 is 10.6 Å². The molecular weight excluding hydrogens is 248 g/mol. The zero-order chi connectivity index (χ0) is 13.0. The second-order valence-corrected chi connectivity index (χ2v) is 4.92. The Morgan fingerprint density at radius 3 is 2.72 bits per heavy atom. The van der Waals surface area contributed by atoms with Crippen LogP contribution in [0.2, 0.25) is 5.02 Å². The summed E-state index contributed by atoms with van der Waals surface area (Å²) in [6.45, 7) is 4.06. The highest BCUT2D eigenvalue weighted by Gasteiger charge is 2.08. The Kier molecular flexibility index (Phi) is 4.39. The molecule has 1 saturated heterocycles. The van der Waals surface area contributed by atoms with E-state index in [1.807, 2.05) is 13.0 Å². The van der Waals surface area contributed by atoms with Crippen LogP contribution >= 0.6 is 11.6 Å². The van der Waals surface area contributed by atoms with Gasteiger partial charge in [-0.15, -0.1) is 0 Å². The third-order valence-electron chi connectivity index (χ3n) is 3.23. The number of carbonyl (C=O) groups is 1. The molecule has 0 bridgehead atoms. The van der Waals surface area contributed by atoms with E-state index in [1.54, 1.807) is 6.07 Å². The summed E-state index contributed by atoms with van der Waals surface area (Å²) in [5.74, 6) is 0. The van der Waals surface area contributed by atoms with Gasteiger partial charge >= 0.3 is 0 Å². The Hall–Kier alpha value is -1.32. The third-order valence-corrected chi connectivity index (χ3v) is 3.45. The number of amides is 1. The molecule has 0 atom stereocenters. The summed E-state index contributed by atoms with van der Waals surface area (Å²) in [6.07, 6.45) is 5.02. The van der Waals surface area contributed by atoms with E-state index >= 15 is 0 Å². The van der Waals surface area contributed by atoms with Crippen molar-refractivity contribution in [2.45, 2.75) is 19.8 Å². The Balaban J connectivity index is 2.34. The van der Waals surface area contributed by atoms with Crippen LogP contribution in [0.4, 0.5) is 5.69 Å². The molecule has 4 heteroatoms. The van der Waals surface area contributed by atoms with Crippen molar-refractivity contribution in [3.8, 4) is 0 Å². The minimum atomic E-state index is 0.644. The first-order valence-electron chi connectivity index (χ1n) is 6.11. The third kappa shape index (κ3) is 3.12. The minimum Gasteiger partial charge on any atom is -0.328 e. The lowest BCUT2D eigenvalue weighted by Gasteiger charge is -2.16. The summed E-state index contributed by atoms with van der Waals surface area (Å²) in [7, 11) is 0. The fraction of sp³-hybridized carbons (Fsp3) is 0.357. The first kappa shape index (κ1) is 13.1. The van der Waals surface area contributed by atoms with E-state index in [9.17, 15) is 4.79 Å². The van der Waals surface area contributed by atoms with Crippen LogP contribution in [-0.4, -0.2) is 19.5 Å². The van der Waals surface area contributed by atoms with Gasteiger partial charge in [0.15, 0.2) is 0 Å². The molecule has 2 rings (SSSR count). The maximum absolute atomic E-state index is 10.6. The van der Waals surface area contributed by atoms with E-state index in [2.05, 4.69) is 16.7 Å². The Bertz CT molecular complexity index is 475. The summed E-state index contributed by atoms with van der Waals surface area (Å²) >= 11 is 6.08. The van der Waals surface area contributed by atoms with Crippen LogP contribution < -0.4 is 10.6 Å². The number of anilines is 1. The Morgan fingerprint density at radius 2 is 2.06 bits per heavy atom. The summed E-state index contributed by atoms with van der Waals surface area (Å²) < 4.78 is 0. The van der Waals surface area contributed by atoms with Gasteiger partial charge in [0, 0.05) is 10.7 Å². The lowest BCUT2D eigenvalue weighted by atomic mass is 9.99. The van der Waals surface area contributed by atoms with Gasteiger partial charge in [-0.2, -0.15) is 0 Å². The highest BCUT2D eigenvalue weighted by atomic mass is 35.5. The molecule has 0 unspecified atom stereocenters. The van der Waals surface area contributed by atoms with Crippen molar-refractivity contribution in [3.05, 3.63) is 33.9 Å². The molecule has 1 aromatic carbocycles. The lowest BCUT2D eigenvalue weighted by Crippen LogP contribution is -2.22.